The number of carbonyl (C=O) groups excluding carboxylic acids is 1. The molecule has 1 amide bonds. The zero-order valence-electron chi connectivity index (χ0n) is 13.0. The summed E-state index contributed by atoms with van der Waals surface area (Å²) in [6.07, 6.45) is -2.27. The van der Waals surface area contributed by atoms with E-state index in [1.807, 2.05) is 6.07 Å². The highest BCUT2D eigenvalue weighted by Gasteiger charge is 2.49. The molecule has 1 aliphatic rings. The second-order valence-corrected chi connectivity index (χ2v) is 5.37. The number of hydrogen-bond acceptors (Lipinski definition) is 4. The number of hydrogen-bond donors (Lipinski definition) is 1. The Morgan fingerprint density at radius 1 is 1.04 bits per heavy atom. The molecule has 124 valence electrons. The molecule has 1 aliphatic heterocycles. The molecule has 6 heteroatoms. The zero-order chi connectivity index (χ0) is 17.1. The highest BCUT2D eigenvalue weighted by molar-refractivity contribution is 5.95. The van der Waals surface area contributed by atoms with Crippen LogP contribution in [0.5, 0.6) is 0 Å². The van der Waals surface area contributed by atoms with E-state index >= 15 is 0 Å². The maximum Gasteiger partial charge on any atom is 0.335 e. The highest BCUT2D eigenvalue weighted by atomic mass is 16.7. The molecular formula is C18H17NO5. The molecule has 1 saturated heterocycles. The number of aliphatic carboxylic acids is 1. The molecule has 0 aliphatic carbocycles. The van der Waals surface area contributed by atoms with Crippen molar-refractivity contribution in [1.29, 1.82) is 0 Å². The highest BCUT2D eigenvalue weighted by Crippen LogP contribution is 2.37. The number of benzene rings is 2. The summed E-state index contributed by atoms with van der Waals surface area (Å²) in [4.78, 5) is 25.9. The summed E-state index contributed by atoms with van der Waals surface area (Å²) in [6.45, 7) is 0. The number of ether oxygens (including phenoxy) is 2. The lowest BCUT2D eigenvalue weighted by Gasteiger charge is -2.28. The summed E-state index contributed by atoms with van der Waals surface area (Å²) in [7, 11) is 1.38. The van der Waals surface area contributed by atoms with Crippen LogP contribution >= 0.6 is 0 Å². The lowest BCUT2D eigenvalue weighted by molar-refractivity contribution is -0.177. The van der Waals surface area contributed by atoms with Crippen molar-refractivity contribution in [2.75, 3.05) is 7.11 Å². The summed E-state index contributed by atoms with van der Waals surface area (Å²) in [6, 6.07) is 16.8. The van der Waals surface area contributed by atoms with Crippen LogP contribution in [0.3, 0.4) is 0 Å². The molecule has 0 bridgehead atoms. The van der Waals surface area contributed by atoms with Crippen molar-refractivity contribution in [3.05, 3.63) is 71.8 Å². The van der Waals surface area contributed by atoms with Gasteiger partial charge in [-0.15, -0.1) is 0 Å². The minimum Gasteiger partial charge on any atom is -0.479 e. The predicted octanol–water partition coefficient (Wildman–Crippen LogP) is 2.28. The van der Waals surface area contributed by atoms with Crippen LogP contribution in [0.2, 0.25) is 0 Å². The second kappa shape index (κ2) is 6.82. The van der Waals surface area contributed by atoms with Crippen molar-refractivity contribution in [2.24, 2.45) is 0 Å². The number of amides is 1. The van der Waals surface area contributed by atoms with Crippen molar-refractivity contribution in [2.45, 2.75) is 18.6 Å². The molecule has 3 rings (SSSR count). The van der Waals surface area contributed by atoms with E-state index in [4.69, 9.17) is 9.47 Å². The van der Waals surface area contributed by atoms with Gasteiger partial charge in [-0.2, -0.15) is 0 Å². The Labute approximate surface area is 139 Å². The van der Waals surface area contributed by atoms with Gasteiger partial charge in [0.2, 0.25) is 6.41 Å². The van der Waals surface area contributed by atoms with Crippen molar-refractivity contribution in [3.63, 3.8) is 0 Å². The summed E-state index contributed by atoms with van der Waals surface area (Å²) in [5.74, 6) is -1.49. The maximum atomic E-state index is 12.9. The number of carboxylic acid groups (broad SMARTS) is 1. The van der Waals surface area contributed by atoms with Crippen molar-refractivity contribution >= 4 is 11.9 Å². The maximum absolute atomic E-state index is 12.9. The normalized spacial score (nSPS) is 23.2. The number of nitrogens with zero attached hydrogens (tertiary/aromatic N) is 1. The minimum absolute atomic E-state index is 0.347. The van der Waals surface area contributed by atoms with Crippen LogP contribution < -0.4 is 0 Å². The third-order valence-electron chi connectivity index (χ3n) is 3.92. The van der Waals surface area contributed by atoms with Crippen molar-refractivity contribution in [1.82, 2.24) is 4.90 Å². The Morgan fingerprint density at radius 2 is 1.62 bits per heavy atom. The molecule has 3 unspecified atom stereocenters. The number of carboxylic acids is 1. The van der Waals surface area contributed by atoms with Gasteiger partial charge in [0.1, 0.15) is 0 Å². The van der Waals surface area contributed by atoms with Gasteiger partial charge in [0.05, 0.1) is 6.04 Å². The second-order valence-electron chi connectivity index (χ2n) is 5.37. The van der Waals surface area contributed by atoms with E-state index in [0.717, 1.165) is 0 Å². The van der Waals surface area contributed by atoms with Crippen LogP contribution in [-0.2, 0) is 14.3 Å². The average molecular weight is 327 g/mol. The lowest BCUT2D eigenvalue weighted by atomic mass is 10.00. The molecule has 3 atom stereocenters. The van der Waals surface area contributed by atoms with Gasteiger partial charge in [0.25, 0.3) is 5.91 Å². The molecule has 0 radical (unpaired) electrons. The third kappa shape index (κ3) is 2.89. The van der Waals surface area contributed by atoms with Gasteiger partial charge in [0.15, 0.2) is 6.10 Å². The average Bonchev–Trinajstić information content (AvgIpc) is 3.02. The molecule has 24 heavy (non-hydrogen) atoms. The molecular weight excluding hydrogens is 310 g/mol. The van der Waals surface area contributed by atoms with E-state index in [1.165, 1.54) is 12.0 Å². The van der Waals surface area contributed by atoms with Gasteiger partial charge in [-0.25, -0.2) is 4.79 Å². The topological polar surface area (TPSA) is 76.1 Å². The smallest absolute Gasteiger partial charge is 0.335 e. The van der Waals surface area contributed by atoms with Gasteiger partial charge >= 0.3 is 5.97 Å². The van der Waals surface area contributed by atoms with Gasteiger partial charge in [-0.3, -0.25) is 9.69 Å². The summed E-state index contributed by atoms with van der Waals surface area (Å²) < 4.78 is 10.7. The van der Waals surface area contributed by atoms with E-state index in [0.29, 0.717) is 11.1 Å². The Kier molecular flexibility index (Phi) is 4.59. The first kappa shape index (κ1) is 16.2. The van der Waals surface area contributed by atoms with E-state index in [-0.39, 0.29) is 5.91 Å². The number of methoxy groups -OCH3 is 1. The van der Waals surface area contributed by atoms with E-state index in [9.17, 15) is 14.7 Å². The molecule has 2 aromatic carbocycles. The van der Waals surface area contributed by atoms with E-state index in [2.05, 4.69) is 0 Å². The zero-order valence-corrected chi connectivity index (χ0v) is 13.0. The van der Waals surface area contributed by atoms with E-state index in [1.54, 1.807) is 54.6 Å². The fourth-order valence-corrected chi connectivity index (χ4v) is 2.84. The van der Waals surface area contributed by atoms with Crippen molar-refractivity contribution < 1.29 is 24.2 Å². The molecule has 0 spiro atoms. The third-order valence-corrected chi connectivity index (χ3v) is 3.92. The Morgan fingerprint density at radius 3 is 2.17 bits per heavy atom. The van der Waals surface area contributed by atoms with Crippen LogP contribution in [0, 0.1) is 0 Å². The fourth-order valence-electron chi connectivity index (χ4n) is 2.84. The van der Waals surface area contributed by atoms with Crippen LogP contribution in [0.4, 0.5) is 0 Å². The first-order chi connectivity index (χ1) is 11.6. The lowest BCUT2D eigenvalue weighted by Crippen LogP contribution is -2.40. The largest absolute Gasteiger partial charge is 0.479 e. The summed E-state index contributed by atoms with van der Waals surface area (Å²) >= 11 is 0. The first-order valence-corrected chi connectivity index (χ1v) is 7.47. The van der Waals surface area contributed by atoms with Crippen LogP contribution in [0.25, 0.3) is 0 Å². The van der Waals surface area contributed by atoms with Gasteiger partial charge < -0.3 is 14.6 Å². The summed E-state index contributed by atoms with van der Waals surface area (Å²) in [5, 5.41) is 9.51. The molecule has 6 nitrogen and oxygen atoms in total. The quantitative estimate of drug-likeness (QED) is 0.932. The molecule has 1 N–H and O–H groups in total. The van der Waals surface area contributed by atoms with Crippen LogP contribution in [-0.4, -0.2) is 41.5 Å². The summed E-state index contributed by atoms with van der Waals surface area (Å²) in [5.41, 5.74) is 1.11. The molecule has 0 saturated carbocycles. The first-order valence-electron chi connectivity index (χ1n) is 7.47. The standard InChI is InChI=1S/C18H17NO5/c1-23-18-19(16(20)13-10-6-3-7-11-13)14(15(24-18)17(21)22)12-8-4-2-5-9-12/h2-11,14-15,18H,1H3,(H,21,22). The van der Waals surface area contributed by atoms with Crippen LogP contribution in [0.15, 0.2) is 60.7 Å². The minimum atomic E-state index is -1.20. The van der Waals surface area contributed by atoms with Gasteiger partial charge in [-0.05, 0) is 17.7 Å². The number of rotatable bonds is 4. The van der Waals surface area contributed by atoms with Crippen LogP contribution in [0.1, 0.15) is 22.0 Å². The number of carbonyl (C=O) groups is 2. The Balaban J connectivity index is 2.05. The van der Waals surface area contributed by atoms with E-state index < -0.39 is 24.5 Å². The molecule has 1 heterocycles. The Bertz CT molecular complexity index is 719. The Hall–Kier alpha value is -2.70. The van der Waals surface area contributed by atoms with Gasteiger partial charge in [0, 0.05) is 12.7 Å². The fraction of sp³-hybridized carbons (Fsp3) is 0.222. The molecule has 0 aromatic heterocycles. The molecule has 1 fully saturated rings. The SMILES string of the molecule is COC1OC(C(=O)O)C(c2ccccc2)N1C(=O)c1ccccc1. The van der Waals surface area contributed by atoms with Crippen molar-refractivity contribution in [3.8, 4) is 0 Å². The van der Waals surface area contributed by atoms with Gasteiger partial charge in [-0.1, -0.05) is 48.5 Å². The monoisotopic (exact) mass is 327 g/mol. The molecule has 2 aromatic rings. The predicted molar refractivity (Wildman–Crippen MR) is 85.1 cm³/mol.